The van der Waals surface area contributed by atoms with Crippen LogP contribution in [0.25, 0.3) is 6.08 Å². The van der Waals surface area contributed by atoms with Crippen molar-refractivity contribution in [1.29, 1.82) is 0 Å². The van der Waals surface area contributed by atoms with Gasteiger partial charge >= 0.3 is 11.9 Å². The van der Waals surface area contributed by atoms with Gasteiger partial charge in [0.05, 0.1) is 18.2 Å². The number of rotatable bonds is 4. The Morgan fingerprint density at radius 1 is 1.29 bits per heavy atom. The van der Waals surface area contributed by atoms with Gasteiger partial charge in [-0.1, -0.05) is 24.8 Å². The number of hydrogen-bond donors (Lipinski definition) is 1. The summed E-state index contributed by atoms with van der Waals surface area (Å²) in [6.07, 6.45) is 2.73. The lowest BCUT2D eigenvalue weighted by Crippen LogP contribution is -2.00. The topological polar surface area (TPSA) is 63.6 Å². The smallest absolute Gasteiger partial charge is 0.337 e. The zero-order valence-electron chi connectivity index (χ0n) is 9.34. The molecule has 0 heterocycles. The number of aliphatic carboxylic acids is 1. The summed E-state index contributed by atoms with van der Waals surface area (Å²) < 4.78 is 4.55. The van der Waals surface area contributed by atoms with Gasteiger partial charge in [-0.3, -0.25) is 0 Å². The van der Waals surface area contributed by atoms with Gasteiger partial charge in [-0.25, -0.2) is 9.59 Å². The Morgan fingerprint density at radius 2 is 1.88 bits per heavy atom. The summed E-state index contributed by atoms with van der Waals surface area (Å²) in [4.78, 5) is 21.9. The number of benzene rings is 1. The quantitative estimate of drug-likeness (QED) is 0.490. The number of carbonyl (C=O) groups is 2. The third-order valence-electron chi connectivity index (χ3n) is 2.12. The summed E-state index contributed by atoms with van der Waals surface area (Å²) in [5.41, 5.74) is 1.19. The van der Waals surface area contributed by atoms with Gasteiger partial charge in [-0.05, 0) is 23.8 Å². The SMILES string of the molecule is C=C/C(=C\c1ccc(C(=O)OC)cc1)C(=O)O. The molecule has 1 aromatic rings. The van der Waals surface area contributed by atoms with Crippen LogP contribution in [0.5, 0.6) is 0 Å². The third kappa shape index (κ3) is 3.31. The maximum atomic E-state index is 11.2. The van der Waals surface area contributed by atoms with Crippen molar-refractivity contribution >= 4 is 18.0 Å². The van der Waals surface area contributed by atoms with Gasteiger partial charge in [0, 0.05) is 0 Å². The summed E-state index contributed by atoms with van der Waals surface area (Å²) >= 11 is 0. The van der Waals surface area contributed by atoms with Gasteiger partial charge in [0.1, 0.15) is 0 Å². The van der Waals surface area contributed by atoms with Crippen molar-refractivity contribution in [3.05, 3.63) is 53.6 Å². The number of hydrogen-bond acceptors (Lipinski definition) is 3. The monoisotopic (exact) mass is 232 g/mol. The Labute approximate surface area is 98.8 Å². The van der Waals surface area contributed by atoms with E-state index in [0.29, 0.717) is 11.1 Å². The number of methoxy groups -OCH3 is 1. The van der Waals surface area contributed by atoms with E-state index in [1.807, 2.05) is 0 Å². The minimum Gasteiger partial charge on any atom is -0.478 e. The van der Waals surface area contributed by atoms with Crippen LogP contribution in [0.3, 0.4) is 0 Å². The second-order valence-corrected chi connectivity index (χ2v) is 3.22. The molecule has 1 N–H and O–H groups in total. The van der Waals surface area contributed by atoms with Crippen LogP contribution in [0.15, 0.2) is 42.5 Å². The second kappa shape index (κ2) is 5.65. The molecule has 0 aliphatic carbocycles. The number of carboxylic acids is 1. The lowest BCUT2D eigenvalue weighted by Gasteiger charge is -2.00. The van der Waals surface area contributed by atoms with Crippen LogP contribution in [0.4, 0.5) is 0 Å². The summed E-state index contributed by atoms with van der Waals surface area (Å²) in [7, 11) is 1.30. The number of esters is 1. The average molecular weight is 232 g/mol. The maximum Gasteiger partial charge on any atom is 0.337 e. The molecule has 0 unspecified atom stereocenters. The Morgan fingerprint density at radius 3 is 2.29 bits per heavy atom. The molecule has 0 aromatic heterocycles. The van der Waals surface area contributed by atoms with E-state index in [4.69, 9.17) is 5.11 Å². The van der Waals surface area contributed by atoms with Crippen molar-refractivity contribution < 1.29 is 19.4 Å². The highest BCUT2D eigenvalue weighted by Gasteiger charge is 2.05. The molecule has 1 rings (SSSR count). The average Bonchev–Trinajstić information content (AvgIpc) is 2.35. The van der Waals surface area contributed by atoms with Crippen LogP contribution >= 0.6 is 0 Å². The fraction of sp³-hybridized carbons (Fsp3) is 0.0769. The predicted molar refractivity (Wildman–Crippen MR) is 63.6 cm³/mol. The van der Waals surface area contributed by atoms with Gasteiger partial charge in [-0.15, -0.1) is 0 Å². The molecule has 0 aliphatic rings. The first-order chi connectivity index (χ1) is 8.08. The largest absolute Gasteiger partial charge is 0.478 e. The molecule has 1 aromatic carbocycles. The van der Waals surface area contributed by atoms with Crippen LogP contribution in [-0.2, 0) is 9.53 Å². The lowest BCUT2D eigenvalue weighted by molar-refractivity contribution is -0.132. The van der Waals surface area contributed by atoms with E-state index in [-0.39, 0.29) is 5.57 Å². The maximum absolute atomic E-state index is 11.2. The van der Waals surface area contributed by atoms with Crippen LogP contribution < -0.4 is 0 Å². The molecule has 0 spiro atoms. The van der Waals surface area contributed by atoms with Crippen molar-refractivity contribution in [1.82, 2.24) is 0 Å². The van der Waals surface area contributed by atoms with Crippen molar-refractivity contribution in [2.75, 3.05) is 7.11 Å². The van der Waals surface area contributed by atoms with Crippen LogP contribution in [-0.4, -0.2) is 24.2 Å². The van der Waals surface area contributed by atoms with E-state index in [1.165, 1.54) is 19.3 Å². The fourth-order valence-corrected chi connectivity index (χ4v) is 1.22. The fourth-order valence-electron chi connectivity index (χ4n) is 1.22. The lowest BCUT2D eigenvalue weighted by atomic mass is 10.1. The molecule has 0 aliphatic heterocycles. The summed E-state index contributed by atoms with van der Waals surface area (Å²) in [5, 5.41) is 8.80. The molecule has 0 radical (unpaired) electrons. The highest BCUT2D eigenvalue weighted by atomic mass is 16.5. The van der Waals surface area contributed by atoms with E-state index in [1.54, 1.807) is 24.3 Å². The summed E-state index contributed by atoms with van der Waals surface area (Å²) in [6, 6.07) is 6.41. The Balaban J connectivity index is 2.99. The zero-order chi connectivity index (χ0) is 12.8. The molecule has 88 valence electrons. The zero-order valence-corrected chi connectivity index (χ0v) is 9.34. The first-order valence-corrected chi connectivity index (χ1v) is 4.84. The first kappa shape index (κ1) is 12.7. The molecule has 4 nitrogen and oxygen atoms in total. The molecule has 0 saturated heterocycles. The molecule has 0 atom stereocenters. The van der Waals surface area contributed by atoms with Gasteiger partial charge in [0.2, 0.25) is 0 Å². The molecule has 17 heavy (non-hydrogen) atoms. The van der Waals surface area contributed by atoms with Gasteiger partial charge < -0.3 is 9.84 Å². The Bertz CT molecular complexity index is 469. The standard InChI is InChI=1S/C13H12O4/c1-3-10(12(14)15)8-9-4-6-11(7-5-9)13(16)17-2/h3-8H,1H2,2H3,(H,14,15)/b10-8+. The molecular weight excluding hydrogens is 220 g/mol. The van der Waals surface area contributed by atoms with Crippen LogP contribution in [0.2, 0.25) is 0 Å². The van der Waals surface area contributed by atoms with E-state index in [0.717, 1.165) is 0 Å². The predicted octanol–water partition coefficient (Wildman–Crippen LogP) is 2.13. The summed E-state index contributed by atoms with van der Waals surface area (Å²) in [6.45, 7) is 3.41. The van der Waals surface area contributed by atoms with Crippen molar-refractivity contribution in [3.63, 3.8) is 0 Å². The molecular formula is C13H12O4. The summed E-state index contributed by atoms with van der Waals surface area (Å²) in [5.74, 6) is -1.47. The highest BCUT2D eigenvalue weighted by Crippen LogP contribution is 2.10. The minimum absolute atomic E-state index is 0.0934. The van der Waals surface area contributed by atoms with Gasteiger partial charge in [0.15, 0.2) is 0 Å². The molecule has 0 amide bonds. The number of carboxylic acid groups (broad SMARTS) is 1. The normalized spacial score (nSPS) is 10.8. The Kier molecular flexibility index (Phi) is 4.22. The molecule has 0 bridgehead atoms. The van der Waals surface area contributed by atoms with Gasteiger partial charge in [-0.2, -0.15) is 0 Å². The highest BCUT2D eigenvalue weighted by molar-refractivity contribution is 5.95. The van der Waals surface area contributed by atoms with Crippen molar-refractivity contribution in [2.24, 2.45) is 0 Å². The van der Waals surface area contributed by atoms with E-state index in [9.17, 15) is 9.59 Å². The first-order valence-electron chi connectivity index (χ1n) is 4.84. The number of carbonyl (C=O) groups excluding carboxylic acids is 1. The van der Waals surface area contributed by atoms with Gasteiger partial charge in [0.25, 0.3) is 0 Å². The number of ether oxygens (including phenoxy) is 1. The van der Waals surface area contributed by atoms with E-state index < -0.39 is 11.9 Å². The Hall–Kier alpha value is -2.36. The second-order valence-electron chi connectivity index (χ2n) is 3.22. The third-order valence-corrected chi connectivity index (χ3v) is 2.12. The van der Waals surface area contributed by atoms with Crippen molar-refractivity contribution in [3.8, 4) is 0 Å². The van der Waals surface area contributed by atoms with Crippen LogP contribution in [0, 0.1) is 0 Å². The minimum atomic E-state index is -1.04. The van der Waals surface area contributed by atoms with E-state index in [2.05, 4.69) is 11.3 Å². The van der Waals surface area contributed by atoms with Crippen LogP contribution in [0.1, 0.15) is 15.9 Å². The molecule has 0 fully saturated rings. The molecule has 0 saturated carbocycles. The van der Waals surface area contributed by atoms with Crippen molar-refractivity contribution in [2.45, 2.75) is 0 Å². The molecule has 4 heteroatoms. The van der Waals surface area contributed by atoms with E-state index >= 15 is 0 Å².